The minimum Gasteiger partial charge on any atom is -0.443 e. The number of hydrogen-bond donors (Lipinski definition) is 1. The van der Waals surface area contributed by atoms with E-state index in [0.717, 1.165) is 6.07 Å². The summed E-state index contributed by atoms with van der Waals surface area (Å²) < 4.78 is 42.8. The first-order valence-electron chi connectivity index (χ1n) is 4.74. The van der Waals surface area contributed by atoms with Crippen LogP contribution in [0.2, 0.25) is 0 Å². The number of alkyl halides is 2. The van der Waals surface area contributed by atoms with Crippen LogP contribution in [0, 0.1) is 17.1 Å². The van der Waals surface area contributed by atoms with Gasteiger partial charge in [0.25, 0.3) is 5.91 Å². The number of rotatable bonds is 2. The molecule has 2 rings (SSSR count). The molecule has 1 amide bonds. The molecule has 0 bridgehead atoms. The summed E-state index contributed by atoms with van der Waals surface area (Å²) in [6.45, 7) is 0. The lowest BCUT2D eigenvalue weighted by Crippen LogP contribution is -2.20. The number of furan rings is 1. The lowest BCUT2D eigenvalue weighted by Gasteiger charge is -2.02. The van der Waals surface area contributed by atoms with Crippen molar-refractivity contribution in [2.45, 2.75) is 6.43 Å². The standard InChI is InChI=1S/C11H5F3N2O2/c12-5-2-1-3-6-8(5)9(7(4-15)18-6)16-11(17)10(13)14/h1-3,10H,(H,16,17). The predicted molar refractivity (Wildman–Crippen MR) is 55.5 cm³/mol. The number of nitriles is 1. The molecule has 18 heavy (non-hydrogen) atoms. The second kappa shape index (κ2) is 4.41. The van der Waals surface area contributed by atoms with Crippen molar-refractivity contribution in [3.63, 3.8) is 0 Å². The van der Waals surface area contributed by atoms with Gasteiger partial charge in [0.1, 0.15) is 23.2 Å². The van der Waals surface area contributed by atoms with Crippen LogP contribution in [-0.4, -0.2) is 12.3 Å². The Hall–Kier alpha value is -2.49. The van der Waals surface area contributed by atoms with E-state index >= 15 is 0 Å². The van der Waals surface area contributed by atoms with Gasteiger partial charge in [0.15, 0.2) is 0 Å². The normalized spacial score (nSPS) is 10.6. The van der Waals surface area contributed by atoms with Gasteiger partial charge >= 0.3 is 6.43 Å². The maximum absolute atomic E-state index is 13.5. The fourth-order valence-corrected chi connectivity index (χ4v) is 1.48. The van der Waals surface area contributed by atoms with E-state index in [1.165, 1.54) is 12.1 Å². The third kappa shape index (κ3) is 1.88. The second-order valence-corrected chi connectivity index (χ2v) is 3.32. The Balaban J connectivity index is 2.61. The molecule has 0 saturated carbocycles. The maximum atomic E-state index is 13.5. The quantitative estimate of drug-likeness (QED) is 0.895. The van der Waals surface area contributed by atoms with Gasteiger partial charge < -0.3 is 9.73 Å². The first-order chi connectivity index (χ1) is 8.54. The summed E-state index contributed by atoms with van der Waals surface area (Å²) in [5.74, 6) is -2.83. The number of nitrogens with one attached hydrogen (secondary N) is 1. The molecular weight excluding hydrogens is 249 g/mol. The second-order valence-electron chi connectivity index (χ2n) is 3.32. The molecule has 92 valence electrons. The Morgan fingerprint density at radius 3 is 2.78 bits per heavy atom. The molecule has 0 atom stereocenters. The fraction of sp³-hybridized carbons (Fsp3) is 0.0909. The number of nitrogens with zero attached hydrogens (tertiary/aromatic N) is 1. The monoisotopic (exact) mass is 254 g/mol. The first-order valence-corrected chi connectivity index (χ1v) is 4.74. The molecule has 1 N–H and O–H groups in total. The van der Waals surface area contributed by atoms with E-state index < -0.39 is 23.9 Å². The Bertz CT molecular complexity index is 658. The SMILES string of the molecule is N#Cc1oc2cccc(F)c2c1NC(=O)C(F)F. The van der Waals surface area contributed by atoms with E-state index in [9.17, 15) is 18.0 Å². The summed E-state index contributed by atoms with van der Waals surface area (Å²) in [5.41, 5.74) is -0.382. The third-order valence-corrected chi connectivity index (χ3v) is 2.21. The number of benzene rings is 1. The van der Waals surface area contributed by atoms with Gasteiger partial charge in [0.05, 0.1) is 5.39 Å². The van der Waals surface area contributed by atoms with Crippen molar-refractivity contribution in [1.29, 1.82) is 5.26 Å². The molecule has 0 aliphatic heterocycles. The molecule has 0 unspecified atom stereocenters. The summed E-state index contributed by atoms with van der Waals surface area (Å²) in [6.07, 6.45) is -3.27. The predicted octanol–water partition coefficient (Wildman–Crippen LogP) is 2.65. The number of carbonyl (C=O) groups is 1. The van der Waals surface area contributed by atoms with Crippen LogP contribution in [0.25, 0.3) is 11.0 Å². The number of anilines is 1. The molecule has 0 aliphatic carbocycles. The van der Waals surface area contributed by atoms with Crippen LogP contribution in [0.1, 0.15) is 5.76 Å². The summed E-state index contributed by atoms with van der Waals surface area (Å²) in [6, 6.07) is 5.32. The topological polar surface area (TPSA) is 66.0 Å². The average molecular weight is 254 g/mol. The molecule has 1 heterocycles. The van der Waals surface area contributed by atoms with Crippen molar-refractivity contribution in [1.82, 2.24) is 0 Å². The van der Waals surface area contributed by atoms with Crippen LogP contribution >= 0.6 is 0 Å². The van der Waals surface area contributed by atoms with Gasteiger partial charge in [0, 0.05) is 0 Å². The van der Waals surface area contributed by atoms with Crippen LogP contribution in [-0.2, 0) is 4.79 Å². The van der Waals surface area contributed by atoms with Crippen molar-refractivity contribution in [2.24, 2.45) is 0 Å². The molecule has 0 aliphatic rings. The van der Waals surface area contributed by atoms with Crippen LogP contribution in [0.5, 0.6) is 0 Å². The van der Waals surface area contributed by atoms with Crippen LogP contribution < -0.4 is 5.32 Å². The van der Waals surface area contributed by atoms with Gasteiger partial charge in [-0.2, -0.15) is 14.0 Å². The van der Waals surface area contributed by atoms with E-state index in [4.69, 9.17) is 9.68 Å². The molecule has 4 nitrogen and oxygen atoms in total. The molecule has 0 spiro atoms. The van der Waals surface area contributed by atoms with Gasteiger partial charge in [-0.3, -0.25) is 4.79 Å². The van der Waals surface area contributed by atoms with Gasteiger partial charge in [-0.25, -0.2) is 4.39 Å². The average Bonchev–Trinajstić information content (AvgIpc) is 2.68. The molecule has 1 aromatic heterocycles. The number of halogens is 3. The minimum atomic E-state index is -3.27. The van der Waals surface area contributed by atoms with Crippen LogP contribution in [0.4, 0.5) is 18.9 Å². The molecular formula is C11H5F3N2O2. The molecule has 2 aromatic rings. The van der Waals surface area contributed by atoms with E-state index in [-0.39, 0.29) is 16.7 Å². The van der Waals surface area contributed by atoms with E-state index in [0.29, 0.717) is 0 Å². The van der Waals surface area contributed by atoms with Crippen molar-refractivity contribution in [2.75, 3.05) is 5.32 Å². The van der Waals surface area contributed by atoms with Crippen LogP contribution in [0.3, 0.4) is 0 Å². The Morgan fingerprint density at radius 1 is 1.44 bits per heavy atom. The zero-order valence-corrected chi connectivity index (χ0v) is 8.71. The highest BCUT2D eigenvalue weighted by Crippen LogP contribution is 2.32. The molecule has 0 radical (unpaired) electrons. The zero-order valence-electron chi connectivity index (χ0n) is 8.71. The van der Waals surface area contributed by atoms with Gasteiger partial charge in [-0.15, -0.1) is 0 Å². The lowest BCUT2D eigenvalue weighted by molar-refractivity contribution is -0.126. The number of carbonyl (C=O) groups excluding carboxylic acids is 1. The highest BCUT2D eigenvalue weighted by molar-refractivity contribution is 6.03. The van der Waals surface area contributed by atoms with E-state index in [2.05, 4.69) is 0 Å². The van der Waals surface area contributed by atoms with Crippen molar-refractivity contribution in [3.8, 4) is 6.07 Å². The summed E-state index contributed by atoms with van der Waals surface area (Å²) in [7, 11) is 0. The molecule has 1 aromatic carbocycles. The van der Waals surface area contributed by atoms with Crippen LogP contribution in [0.15, 0.2) is 22.6 Å². The highest BCUT2D eigenvalue weighted by Gasteiger charge is 2.23. The summed E-state index contributed by atoms with van der Waals surface area (Å²) >= 11 is 0. The Labute approximate surface area is 98.6 Å². The zero-order chi connectivity index (χ0) is 13.3. The molecule has 0 saturated heterocycles. The summed E-state index contributed by atoms with van der Waals surface area (Å²) in [4.78, 5) is 10.9. The highest BCUT2D eigenvalue weighted by atomic mass is 19.3. The smallest absolute Gasteiger partial charge is 0.315 e. The van der Waals surface area contributed by atoms with E-state index in [1.807, 2.05) is 0 Å². The van der Waals surface area contributed by atoms with Crippen molar-refractivity contribution in [3.05, 3.63) is 29.8 Å². The van der Waals surface area contributed by atoms with Gasteiger partial charge in [0.2, 0.25) is 5.76 Å². The van der Waals surface area contributed by atoms with Crippen molar-refractivity contribution >= 4 is 22.6 Å². The van der Waals surface area contributed by atoms with Crippen molar-refractivity contribution < 1.29 is 22.4 Å². The lowest BCUT2D eigenvalue weighted by atomic mass is 10.2. The molecule has 0 fully saturated rings. The number of fused-ring (bicyclic) bond motifs is 1. The first kappa shape index (κ1) is 12.0. The largest absolute Gasteiger partial charge is 0.443 e. The van der Waals surface area contributed by atoms with Gasteiger partial charge in [-0.1, -0.05) is 6.07 Å². The van der Waals surface area contributed by atoms with E-state index in [1.54, 1.807) is 11.4 Å². The third-order valence-electron chi connectivity index (χ3n) is 2.21. The minimum absolute atomic E-state index is 0.00360. The maximum Gasteiger partial charge on any atom is 0.315 e. The van der Waals surface area contributed by atoms with Gasteiger partial charge in [-0.05, 0) is 12.1 Å². The fourth-order valence-electron chi connectivity index (χ4n) is 1.48. The Kier molecular flexibility index (Phi) is 2.93. The summed E-state index contributed by atoms with van der Waals surface area (Å²) in [5, 5.41) is 10.3. The number of hydrogen-bond acceptors (Lipinski definition) is 3. The molecule has 7 heteroatoms. The Morgan fingerprint density at radius 2 is 2.17 bits per heavy atom. The number of amides is 1.